The molecule has 12 heteroatoms. The number of aromatic nitrogens is 3. The average molecular weight is 623 g/mol. The van der Waals surface area contributed by atoms with Crippen LogP contribution in [0.25, 0.3) is 17.1 Å². The minimum atomic E-state index is -4.74. The molecule has 44 heavy (non-hydrogen) atoms. The van der Waals surface area contributed by atoms with Crippen LogP contribution in [-0.4, -0.2) is 51.2 Å². The van der Waals surface area contributed by atoms with Crippen LogP contribution in [0.5, 0.6) is 5.75 Å². The third-order valence-electron chi connectivity index (χ3n) is 7.10. The topological polar surface area (TPSA) is 84.6 Å². The maximum absolute atomic E-state index is 12.6. The molecule has 0 spiro atoms. The number of carbonyl (C=O) groups is 1. The first-order chi connectivity index (χ1) is 21.1. The maximum atomic E-state index is 12.6. The number of benzene rings is 3. The molecular weight excluding hydrogens is 589 g/mol. The number of carbonyl (C=O) groups excluding carboxylic acids is 1. The summed E-state index contributed by atoms with van der Waals surface area (Å²) >= 11 is 1.60. The molecule has 2 heterocycles. The number of alkyl halides is 3. The minimum absolute atomic E-state index is 0.303. The predicted octanol–water partition coefficient (Wildman–Crippen LogP) is 7.52. The Labute approximate surface area is 258 Å². The molecule has 0 aliphatic carbocycles. The largest absolute Gasteiger partial charge is 0.573 e. The zero-order chi connectivity index (χ0) is 31.3. The number of nitrogens with zero attached hydrogens (tertiary/aromatic N) is 5. The molecule has 8 nitrogen and oxygen atoms in total. The molecule has 1 aliphatic rings. The SMILES string of the molecule is Cc1cccc(N2CCS/C2=N\C(=O)NCCCc2ccc(-c3ncn(-c4ccc(OC(F)(F)F)cc4)n3)cc2)c1C(C)C. The van der Waals surface area contributed by atoms with E-state index in [1.807, 2.05) is 24.3 Å². The van der Waals surface area contributed by atoms with Gasteiger partial charge in [0, 0.05) is 30.1 Å². The summed E-state index contributed by atoms with van der Waals surface area (Å²) in [5, 5.41) is 8.09. The van der Waals surface area contributed by atoms with Gasteiger partial charge < -0.3 is 15.0 Å². The Bertz CT molecular complexity index is 1620. The van der Waals surface area contributed by atoms with Crippen molar-refractivity contribution in [1.29, 1.82) is 0 Å². The van der Waals surface area contributed by atoms with Gasteiger partial charge in [-0.15, -0.1) is 18.3 Å². The van der Waals surface area contributed by atoms with Gasteiger partial charge in [-0.1, -0.05) is 62.0 Å². The molecule has 1 saturated heterocycles. The van der Waals surface area contributed by atoms with E-state index < -0.39 is 6.36 Å². The standard InChI is InChI=1S/C32H33F3N6O2S/c1-21(2)28-22(3)6-4-8-27(28)40-18-19-44-31(40)38-30(42)36-17-5-7-23-9-11-24(12-10-23)29-37-20-41(39-29)25-13-15-26(16-14-25)43-32(33,34)35/h4,6,8-16,20-21H,5,7,17-19H2,1-3H3,(H,36,42)/b38-31-. The summed E-state index contributed by atoms with van der Waals surface area (Å²) in [7, 11) is 0. The van der Waals surface area contributed by atoms with Crippen LogP contribution in [0, 0.1) is 6.92 Å². The summed E-state index contributed by atoms with van der Waals surface area (Å²) in [5.41, 5.74) is 6.11. The summed E-state index contributed by atoms with van der Waals surface area (Å²) in [5.74, 6) is 1.44. The van der Waals surface area contributed by atoms with E-state index in [0.717, 1.165) is 47.1 Å². The summed E-state index contributed by atoms with van der Waals surface area (Å²) in [6.45, 7) is 7.81. The number of amidine groups is 1. The van der Waals surface area contributed by atoms with E-state index in [1.165, 1.54) is 46.4 Å². The Morgan fingerprint density at radius 2 is 1.84 bits per heavy atom. The van der Waals surface area contributed by atoms with Crippen molar-refractivity contribution in [3.8, 4) is 22.8 Å². The number of urea groups is 1. The van der Waals surface area contributed by atoms with Gasteiger partial charge in [0.15, 0.2) is 11.0 Å². The second-order valence-electron chi connectivity index (χ2n) is 10.6. The molecule has 1 aliphatic heterocycles. The van der Waals surface area contributed by atoms with Crippen LogP contribution in [0.1, 0.15) is 42.9 Å². The van der Waals surface area contributed by atoms with Crippen molar-refractivity contribution in [2.45, 2.75) is 45.9 Å². The van der Waals surface area contributed by atoms with Crippen LogP contribution in [0.15, 0.2) is 78.0 Å². The molecule has 0 unspecified atom stereocenters. The molecule has 2 amide bonds. The Morgan fingerprint density at radius 1 is 1.09 bits per heavy atom. The van der Waals surface area contributed by atoms with E-state index in [-0.39, 0.29) is 11.8 Å². The normalized spacial score (nSPS) is 14.4. The number of thioether (sulfide) groups is 1. The fourth-order valence-electron chi connectivity index (χ4n) is 5.12. The first-order valence-corrected chi connectivity index (χ1v) is 15.3. The molecule has 230 valence electrons. The fraction of sp³-hybridized carbons (Fsp3) is 0.312. The van der Waals surface area contributed by atoms with E-state index in [2.05, 4.69) is 69.0 Å². The van der Waals surface area contributed by atoms with Gasteiger partial charge >= 0.3 is 12.4 Å². The number of amides is 2. The monoisotopic (exact) mass is 622 g/mol. The van der Waals surface area contributed by atoms with Gasteiger partial charge in [0.25, 0.3) is 0 Å². The van der Waals surface area contributed by atoms with Gasteiger partial charge in [0.05, 0.1) is 5.69 Å². The van der Waals surface area contributed by atoms with Gasteiger partial charge in [-0.05, 0) is 72.7 Å². The lowest BCUT2D eigenvalue weighted by atomic mass is 9.95. The second kappa shape index (κ2) is 13.5. The van der Waals surface area contributed by atoms with E-state index in [1.54, 1.807) is 11.8 Å². The molecule has 5 rings (SSSR count). The number of halogens is 3. The summed E-state index contributed by atoms with van der Waals surface area (Å²) in [6.07, 6.45) is -1.72. The average Bonchev–Trinajstić information content (AvgIpc) is 3.65. The van der Waals surface area contributed by atoms with Gasteiger partial charge in [-0.2, -0.15) is 4.99 Å². The predicted molar refractivity (Wildman–Crippen MR) is 168 cm³/mol. The number of hydrogen-bond donors (Lipinski definition) is 1. The second-order valence-corrected chi connectivity index (χ2v) is 11.7. The molecule has 0 radical (unpaired) electrons. The van der Waals surface area contributed by atoms with Crippen LogP contribution in [0.2, 0.25) is 0 Å². The first kappa shape index (κ1) is 31.1. The Balaban J connectivity index is 1.12. The summed E-state index contributed by atoms with van der Waals surface area (Å²) in [6, 6.07) is 19.2. The molecular formula is C32H33F3N6O2S. The number of aryl methyl sites for hydroxylation is 2. The van der Waals surface area contributed by atoms with Crippen molar-refractivity contribution in [2.75, 3.05) is 23.7 Å². The van der Waals surface area contributed by atoms with Gasteiger partial charge in [-0.25, -0.2) is 14.5 Å². The number of aliphatic imine (C=N–C) groups is 1. The molecule has 1 fully saturated rings. The molecule has 3 aromatic carbocycles. The Hall–Kier alpha value is -4.32. The number of ether oxygens (including phenoxy) is 1. The number of hydrogen-bond acceptors (Lipinski definition) is 5. The summed E-state index contributed by atoms with van der Waals surface area (Å²) < 4.78 is 42.6. The Kier molecular flexibility index (Phi) is 9.58. The first-order valence-electron chi connectivity index (χ1n) is 14.3. The smallest absolute Gasteiger partial charge is 0.406 e. The van der Waals surface area contributed by atoms with Crippen LogP contribution in [0.4, 0.5) is 23.7 Å². The van der Waals surface area contributed by atoms with Gasteiger partial charge in [0.2, 0.25) is 0 Å². The quantitative estimate of drug-likeness (QED) is 0.195. The highest BCUT2D eigenvalue weighted by molar-refractivity contribution is 8.14. The number of anilines is 1. The Morgan fingerprint density at radius 3 is 2.55 bits per heavy atom. The van der Waals surface area contributed by atoms with Gasteiger partial charge in [0.1, 0.15) is 12.1 Å². The van der Waals surface area contributed by atoms with Crippen molar-refractivity contribution < 1.29 is 22.7 Å². The lowest BCUT2D eigenvalue weighted by Gasteiger charge is -2.24. The van der Waals surface area contributed by atoms with Crippen molar-refractivity contribution in [3.63, 3.8) is 0 Å². The molecule has 0 bridgehead atoms. The highest BCUT2D eigenvalue weighted by Crippen LogP contribution is 2.34. The van der Waals surface area contributed by atoms with Crippen molar-refractivity contribution >= 4 is 28.6 Å². The van der Waals surface area contributed by atoms with Gasteiger partial charge in [-0.3, -0.25) is 0 Å². The number of rotatable bonds is 9. The lowest BCUT2D eigenvalue weighted by Crippen LogP contribution is -2.29. The molecule has 1 aromatic heterocycles. The summed E-state index contributed by atoms with van der Waals surface area (Å²) in [4.78, 5) is 23.5. The van der Waals surface area contributed by atoms with Crippen molar-refractivity contribution in [3.05, 3.63) is 89.7 Å². The molecule has 0 atom stereocenters. The van der Waals surface area contributed by atoms with E-state index in [9.17, 15) is 18.0 Å². The minimum Gasteiger partial charge on any atom is -0.406 e. The van der Waals surface area contributed by atoms with Crippen molar-refractivity contribution in [1.82, 2.24) is 20.1 Å². The maximum Gasteiger partial charge on any atom is 0.573 e. The highest BCUT2D eigenvalue weighted by Gasteiger charge is 2.31. The van der Waals surface area contributed by atoms with Crippen LogP contribution < -0.4 is 15.0 Å². The van der Waals surface area contributed by atoms with Crippen molar-refractivity contribution in [2.24, 2.45) is 4.99 Å². The zero-order valence-corrected chi connectivity index (χ0v) is 25.5. The molecule has 4 aromatic rings. The van der Waals surface area contributed by atoms with E-state index in [0.29, 0.717) is 24.0 Å². The van der Waals surface area contributed by atoms with Crippen LogP contribution in [0.3, 0.4) is 0 Å². The zero-order valence-electron chi connectivity index (χ0n) is 24.6. The van der Waals surface area contributed by atoms with E-state index >= 15 is 0 Å². The van der Waals surface area contributed by atoms with Crippen LogP contribution in [-0.2, 0) is 6.42 Å². The molecule has 0 saturated carbocycles. The molecule has 1 N–H and O–H groups in total. The third kappa shape index (κ3) is 7.79. The van der Waals surface area contributed by atoms with Crippen LogP contribution >= 0.6 is 11.8 Å². The van der Waals surface area contributed by atoms with E-state index in [4.69, 9.17) is 0 Å². The lowest BCUT2D eigenvalue weighted by molar-refractivity contribution is -0.274. The highest BCUT2D eigenvalue weighted by atomic mass is 32.2. The third-order valence-corrected chi connectivity index (χ3v) is 8.06. The number of nitrogens with one attached hydrogen (secondary N) is 1. The fourth-order valence-corrected chi connectivity index (χ4v) is 6.07.